The summed E-state index contributed by atoms with van der Waals surface area (Å²) < 4.78 is 0. The number of fused-ring (bicyclic) bond motifs is 1. The zero-order valence-electron chi connectivity index (χ0n) is 14.2. The zero-order chi connectivity index (χ0) is 19.0. The molecule has 0 unspecified atom stereocenters. The van der Waals surface area contributed by atoms with E-state index >= 15 is 0 Å². The molecule has 1 saturated heterocycles. The molecule has 136 valence electrons. The molecule has 1 atom stereocenters. The van der Waals surface area contributed by atoms with Crippen LogP contribution in [0.5, 0.6) is 0 Å². The monoisotopic (exact) mass is 415 g/mol. The maximum Gasteiger partial charge on any atom is 0.229 e. The summed E-state index contributed by atoms with van der Waals surface area (Å²) in [6.45, 7) is 0.420. The van der Waals surface area contributed by atoms with Crippen LogP contribution in [0.25, 0.3) is 0 Å². The summed E-state index contributed by atoms with van der Waals surface area (Å²) in [7, 11) is 0. The normalized spacial score (nSPS) is 19.7. The standard InChI is InChI=1S/C20H15Cl2N3OS/c21-13-5-7-14(8-6-13)24-11-25-19(26)9-16(15-3-1-2-4-18(15)22)17(10-23)20(25)27-12-24/h1-8,16H,9,11-12H2/t16-/m1/s1. The second kappa shape index (κ2) is 7.47. The number of rotatable bonds is 2. The third-order valence-corrected chi connectivity index (χ3v) is 6.52. The Morgan fingerprint density at radius 2 is 1.85 bits per heavy atom. The lowest BCUT2D eigenvalue weighted by molar-refractivity contribution is -0.129. The number of allylic oxidation sites excluding steroid dienone is 1. The SMILES string of the molecule is N#CC1=C2SCN(c3ccc(Cl)cc3)CN2C(=O)C[C@@H]1c1ccccc1Cl. The average Bonchev–Trinajstić information content (AvgIpc) is 2.69. The van der Waals surface area contributed by atoms with Crippen molar-refractivity contribution in [3.05, 3.63) is 74.7 Å². The van der Waals surface area contributed by atoms with Crippen molar-refractivity contribution in [2.45, 2.75) is 12.3 Å². The molecule has 0 saturated carbocycles. The van der Waals surface area contributed by atoms with Crippen molar-refractivity contribution in [2.75, 3.05) is 17.4 Å². The van der Waals surface area contributed by atoms with Crippen LogP contribution >= 0.6 is 35.0 Å². The van der Waals surface area contributed by atoms with Gasteiger partial charge in [-0.15, -0.1) is 0 Å². The van der Waals surface area contributed by atoms with Gasteiger partial charge in [-0.05, 0) is 35.9 Å². The molecule has 0 aliphatic carbocycles. The molecule has 4 nitrogen and oxygen atoms in total. The third kappa shape index (κ3) is 3.41. The number of amides is 1. The van der Waals surface area contributed by atoms with Crippen LogP contribution < -0.4 is 4.90 Å². The number of benzene rings is 2. The van der Waals surface area contributed by atoms with E-state index < -0.39 is 0 Å². The smallest absolute Gasteiger partial charge is 0.229 e. The maximum absolute atomic E-state index is 12.9. The van der Waals surface area contributed by atoms with Crippen LogP contribution in [-0.4, -0.2) is 23.4 Å². The number of hydrogen-bond acceptors (Lipinski definition) is 4. The lowest BCUT2D eigenvalue weighted by Crippen LogP contribution is -2.47. The zero-order valence-corrected chi connectivity index (χ0v) is 16.6. The Labute approximate surface area is 172 Å². The summed E-state index contributed by atoms with van der Waals surface area (Å²) >= 11 is 13.8. The fraction of sp³-hybridized carbons (Fsp3) is 0.200. The van der Waals surface area contributed by atoms with Gasteiger partial charge in [0.15, 0.2) is 0 Å². The topological polar surface area (TPSA) is 47.3 Å². The van der Waals surface area contributed by atoms with Gasteiger partial charge in [-0.25, -0.2) is 0 Å². The Morgan fingerprint density at radius 3 is 2.56 bits per heavy atom. The number of carbonyl (C=O) groups excluding carboxylic acids is 1. The van der Waals surface area contributed by atoms with Gasteiger partial charge in [-0.2, -0.15) is 5.26 Å². The summed E-state index contributed by atoms with van der Waals surface area (Å²) in [4.78, 5) is 16.7. The van der Waals surface area contributed by atoms with Crippen LogP contribution in [0.3, 0.4) is 0 Å². The second-order valence-corrected chi connectivity index (χ2v) is 8.14. The molecule has 1 amide bonds. The van der Waals surface area contributed by atoms with Crippen LogP contribution in [0, 0.1) is 11.3 Å². The quantitative estimate of drug-likeness (QED) is 0.674. The van der Waals surface area contributed by atoms with Gasteiger partial charge in [-0.3, -0.25) is 9.69 Å². The van der Waals surface area contributed by atoms with Gasteiger partial charge in [0, 0.05) is 28.1 Å². The molecule has 0 spiro atoms. The summed E-state index contributed by atoms with van der Waals surface area (Å²) in [6, 6.07) is 17.3. The molecule has 2 aromatic carbocycles. The number of hydrogen-bond donors (Lipinski definition) is 0. The molecule has 0 N–H and O–H groups in total. The van der Waals surface area contributed by atoms with Crippen molar-refractivity contribution >= 4 is 46.6 Å². The van der Waals surface area contributed by atoms with Crippen molar-refractivity contribution in [2.24, 2.45) is 0 Å². The van der Waals surface area contributed by atoms with Crippen LogP contribution in [0.4, 0.5) is 5.69 Å². The number of thioether (sulfide) groups is 1. The van der Waals surface area contributed by atoms with Gasteiger partial charge < -0.3 is 4.90 Å². The highest BCUT2D eigenvalue weighted by atomic mass is 35.5. The number of nitriles is 1. The average molecular weight is 416 g/mol. The number of anilines is 1. The van der Waals surface area contributed by atoms with E-state index in [9.17, 15) is 10.1 Å². The van der Waals surface area contributed by atoms with Crippen molar-refractivity contribution < 1.29 is 4.79 Å². The van der Waals surface area contributed by atoms with Gasteiger partial charge >= 0.3 is 0 Å². The molecule has 27 heavy (non-hydrogen) atoms. The molecular formula is C20H15Cl2N3OS. The molecule has 0 radical (unpaired) electrons. The largest absolute Gasteiger partial charge is 0.344 e. The molecule has 2 heterocycles. The first kappa shape index (κ1) is 18.2. The Kier molecular flexibility index (Phi) is 5.05. The molecule has 0 bridgehead atoms. The summed E-state index contributed by atoms with van der Waals surface area (Å²) in [6.07, 6.45) is 0.241. The van der Waals surface area contributed by atoms with Crippen LogP contribution in [0.1, 0.15) is 17.9 Å². The van der Waals surface area contributed by atoms with E-state index in [1.54, 1.807) is 11.0 Å². The molecule has 0 aromatic heterocycles. The summed E-state index contributed by atoms with van der Waals surface area (Å²) in [5.41, 5.74) is 2.44. The minimum atomic E-state index is -0.294. The van der Waals surface area contributed by atoms with Gasteiger partial charge in [-0.1, -0.05) is 53.2 Å². The van der Waals surface area contributed by atoms with E-state index in [2.05, 4.69) is 11.0 Å². The Balaban J connectivity index is 1.68. The predicted octanol–water partition coefficient (Wildman–Crippen LogP) is 5.21. The van der Waals surface area contributed by atoms with Gasteiger partial charge in [0.1, 0.15) is 0 Å². The van der Waals surface area contributed by atoms with Gasteiger partial charge in [0.05, 0.1) is 29.2 Å². The fourth-order valence-electron chi connectivity index (χ4n) is 3.40. The van der Waals surface area contributed by atoms with Crippen molar-refractivity contribution in [1.82, 2.24) is 4.90 Å². The first-order chi connectivity index (χ1) is 13.1. The van der Waals surface area contributed by atoms with E-state index in [0.717, 1.165) is 16.3 Å². The summed E-state index contributed by atoms with van der Waals surface area (Å²) in [5.74, 6) is 0.360. The minimum Gasteiger partial charge on any atom is -0.344 e. The molecule has 1 fully saturated rings. The highest BCUT2D eigenvalue weighted by Gasteiger charge is 2.38. The third-order valence-electron chi connectivity index (χ3n) is 4.77. The van der Waals surface area contributed by atoms with Crippen LogP contribution in [0.15, 0.2) is 59.1 Å². The first-order valence-electron chi connectivity index (χ1n) is 8.41. The van der Waals surface area contributed by atoms with E-state index in [1.165, 1.54) is 11.8 Å². The Morgan fingerprint density at radius 1 is 1.11 bits per heavy atom. The Bertz CT molecular complexity index is 968. The van der Waals surface area contributed by atoms with Crippen molar-refractivity contribution in [3.8, 4) is 6.07 Å². The van der Waals surface area contributed by atoms with E-state index in [4.69, 9.17) is 23.2 Å². The van der Waals surface area contributed by atoms with E-state index in [-0.39, 0.29) is 18.2 Å². The number of halogens is 2. The fourth-order valence-corrected chi connectivity index (χ4v) is 4.96. The maximum atomic E-state index is 12.9. The molecule has 2 aliphatic rings. The molecule has 7 heteroatoms. The summed E-state index contributed by atoms with van der Waals surface area (Å²) in [5, 5.41) is 11.8. The van der Waals surface area contributed by atoms with Gasteiger partial charge in [0.2, 0.25) is 5.91 Å². The second-order valence-electron chi connectivity index (χ2n) is 6.36. The first-order valence-corrected chi connectivity index (χ1v) is 10.1. The van der Waals surface area contributed by atoms with E-state index in [1.807, 2.05) is 42.5 Å². The minimum absolute atomic E-state index is 0.0000771. The van der Waals surface area contributed by atoms with Crippen molar-refractivity contribution in [1.29, 1.82) is 5.26 Å². The predicted molar refractivity (Wildman–Crippen MR) is 110 cm³/mol. The van der Waals surface area contributed by atoms with Crippen LogP contribution in [0.2, 0.25) is 10.0 Å². The van der Waals surface area contributed by atoms with Crippen molar-refractivity contribution in [3.63, 3.8) is 0 Å². The molecule has 2 aromatic rings. The highest BCUT2D eigenvalue weighted by molar-refractivity contribution is 8.03. The highest BCUT2D eigenvalue weighted by Crippen LogP contribution is 2.44. The molecule has 2 aliphatic heterocycles. The number of nitrogens with zero attached hydrogens (tertiary/aromatic N) is 3. The molecule has 4 rings (SSSR count). The molecular weight excluding hydrogens is 401 g/mol. The lowest BCUT2D eigenvalue weighted by atomic mass is 9.86. The lowest BCUT2D eigenvalue weighted by Gasteiger charge is -2.42. The Hall–Kier alpha value is -2.13. The number of carbonyl (C=O) groups is 1. The van der Waals surface area contributed by atoms with Gasteiger partial charge in [0.25, 0.3) is 0 Å². The van der Waals surface area contributed by atoms with Crippen LogP contribution in [-0.2, 0) is 4.79 Å². The van der Waals surface area contributed by atoms with E-state index in [0.29, 0.717) is 28.2 Å².